The van der Waals surface area contributed by atoms with E-state index in [0.29, 0.717) is 5.82 Å². The summed E-state index contributed by atoms with van der Waals surface area (Å²) in [6, 6.07) is 55.0. The summed E-state index contributed by atoms with van der Waals surface area (Å²) in [6.07, 6.45) is 0. The summed E-state index contributed by atoms with van der Waals surface area (Å²) < 4.78 is 6.45. The van der Waals surface area contributed by atoms with Crippen LogP contribution in [0.2, 0.25) is 0 Å². The van der Waals surface area contributed by atoms with Crippen LogP contribution in [0.4, 0.5) is 0 Å². The second-order valence-electron chi connectivity index (χ2n) is 11.4. The number of furan rings is 1. The Kier molecular flexibility index (Phi) is 5.82. The lowest BCUT2D eigenvalue weighted by molar-refractivity contribution is 0.669. The SMILES string of the molecule is c1ccc(-c2cc(-c3nc(-c4ccc5ccccc5c4)cc(-c4ccc5ccccc5c4)n3)c3c(c2)oc2ccccc23)cc1. The molecule has 0 fully saturated rings. The first-order chi connectivity index (χ1) is 22.3. The Morgan fingerprint density at radius 1 is 0.378 bits per heavy atom. The monoisotopic (exact) mass is 574 g/mol. The third kappa shape index (κ3) is 4.45. The van der Waals surface area contributed by atoms with E-state index in [9.17, 15) is 0 Å². The van der Waals surface area contributed by atoms with Gasteiger partial charge in [-0.25, -0.2) is 9.97 Å². The normalized spacial score (nSPS) is 11.6. The quantitative estimate of drug-likeness (QED) is 0.210. The third-order valence-electron chi connectivity index (χ3n) is 8.64. The molecule has 0 unspecified atom stereocenters. The maximum absolute atomic E-state index is 6.45. The molecule has 0 amide bonds. The van der Waals surface area contributed by atoms with E-state index in [1.54, 1.807) is 0 Å². The van der Waals surface area contributed by atoms with Crippen molar-refractivity contribution in [2.45, 2.75) is 0 Å². The number of aromatic nitrogens is 2. The highest BCUT2D eigenvalue weighted by atomic mass is 16.3. The molecule has 0 aliphatic heterocycles. The van der Waals surface area contributed by atoms with Crippen molar-refractivity contribution >= 4 is 43.5 Å². The van der Waals surface area contributed by atoms with Crippen LogP contribution in [-0.2, 0) is 0 Å². The molecule has 0 aliphatic rings. The van der Waals surface area contributed by atoms with Crippen molar-refractivity contribution in [3.05, 3.63) is 158 Å². The van der Waals surface area contributed by atoms with Gasteiger partial charge in [0, 0.05) is 27.5 Å². The first-order valence-corrected chi connectivity index (χ1v) is 15.2. The van der Waals surface area contributed by atoms with Crippen LogP contribution in [0.3, 0.4) is 0 Å². The molecule has 45 heavy (non-hydrogen) atoms. The summed E-state index contributed by atoms with van der Waals surface area (Å²) in [5.41, 5.74) is 8.63. The van der Waals surface area contributed by atoms with Gasteiger partial charge in [0.25, 0.3) is 0 Å². The third-order valence-corrected chi connectivity index (χ3v) is 8.64. The second kappa shape index (κ2) is 10.3. The molecule has 0 aliphatic carbocycles. The first-order valence-electron chi connectivity index (χ1n) is 15.2. The summed E-state index contributed by atoms with van der Waals surface area (Å²) in [7, 11) is 0. The van der Waals surface area contributed by atoms with Gasteiger partial charge >= 0.3 is 0 Å². The van der Waals surface area contributed by atoms with Crippen LogP contribution >= 0.6 is 0 Å². The van der Waals surface area contributed by atoms with Crippen LogP contribution in [0, 0.1) is 0 Å². The van der Waals surface area contributed by atoms with Gasteiger partial charge in [0.15, 0.2) is 5.82 Å². The van der Waals surface area contributed by atoms with E-state index in [4.69, 9.17) is 14.4 Å². The molecule has 0 radical (unpaired) electrons. The number of rotatable bonds is 4. The molecule has 3 nitrogen and oxygen atoms in total. The lowest BCUT2D eigenvalue weighted by Crippen LogP contribution is -1.97. The van der Waals surface area contributed by atoms with E-state index in [2.05, 4.69) is 140 Å². The van der Waals surface area contributed by atoms with Crippen molar-refractivity contribution in [1.82, 2.24) is 9.97 Å². The van der Waals surface area contributed by atoms with Gasteiger partial charge in [-0.1, -0.05) is 121 Å². The number of hydrogen-bond donors (Lipinski definition) is 0. The summed E-state index contributed by atoms with van der Waals surface area (Å²) in [4.78, 5) is 10.6. The van der Waals surface area contributed by atoms with Crippen LogP contribution in [0.25, 0.3) is 88.5 Å². The van der Waals surface area contributed by atoms with E-state index in [-0.39, 0.29) is 0 Å². The summed E-state index contributed by atoms with van der Waals surface area (Å²) in [6.45, 7) is 0. The Morgan fingerprint density at radius 2 is 0.956 bits per heavy atom. The Labute approximate surface area is 260 Å². The smallest absolute Gasteiger partial charge is 0.161 e. The molecule has 2 aromatic heterocycles. The second-order valence-corrected chi connectivity index (χ2v) is 11.4. The zero-order chi connectivity index (χ0) is 29.7. The highest BCUT2D eigenvalue weighted by molar-refractivity contribution is 6.13. The Balaban J connectivity index is 1.34. The highest BCUT2D eigenvalue weighted by Crippen LogP contribution is 2.40. The van der Waals surface area contributed by atoms with E-state index in [1.807, 2.05) is 18.2 Å². The highest BCUT2D eigenvalue weighted by Gasteiger charge is 2.19. The number of hydrogen-bond acceptors (Lipinski definition) is 3. The number of fused-ring (bicyclic) bond motifs is 5. The van der Waals surface area contributed by atoms with Crippen LogP contribution < -0.4 is 0 Å². The van der Waals surface area contributed by atoms with Gasteiger partial charge in [-0.05, 0) is 69.1 Å². The molecule has 2 heterocycles. The summed E-state index contributed by atoms with van der Waals surface area (Å²) in [5, 5.41) is 6.83. The number of para-hydroxylation sites is 1. The van der Waals surface area contributed by atoms with Crippen LogP contribution in [-0.4, -0.2) is 9.97 Å². The van der Waals surface area contributed by atoms with E-state index in [0.717, 1.165) is 61.1 Å². The van der Waals surface area contributed by atoms with E-state index >= 15 is 0 Å². The van der Waals surface area contributed by atoms with Gasteiger partial charge < -0.3 is 4.42 Å². The molecular weight excluding hydrogens is 548 g/mol. The van der Waals surface area contributed by atoms with Gasteiger partial charge in [0.2, 0.25) is 0 Å². The summed E-state index contributed by atoms with van der Waals surface area (Å²) in [5.74, 6) is 0.665. The largest absolute Gasteiger partial charge is 0.456 e. The molecule has 9 rings (SSSR count). The molecule has 3 heteroatoms. The minimum absolute atomic E-state index is 0.665. The molecule has 210 valence electrons. The van der Waals surface area contributed by atoms with Gasteiger partial charge in [-0.3, -0.25) is 0 Å². The zero-order valence-corrected chi connectivity index (χ0v) is 24.3. The van der Waals surface area contributed by atoms with Crippen molar-refractivity contribution in [1.29, 1.82) is 0 Å². The maximum Gasteiger partial charge on any atom is 0.161 e. The number of benzene rings is 7. The maximum atomic E-state index is 6.45. The number of nitrogens with zero attached hydrogens (tertiary/aromatic N) is 2. The average molecular weight is 575 g/mol. The standard InChI is InChI=1S/C42H26N2O/c1-2-10-27(11-3-1)34-24-36(41-35-16-8-9-17-39(35)45-40(41)25-34)42-43-37(32-20-18-28-12-4-6-14-30(28)22-32)26-38(44-42)33-21-19-29-13-5-7-15-31(29)23-33/h1-26H. The van der Waals surface area contributed by atoms with Crippen LogP contribution in [0.5, 0.6) is 0 Å². The van der Waals surface area contributed by atoms with Gasteiger partial charge in [0.1, 0.15) is 11.2 Å². The van der Waals surface area contributed by atoms with Crippen LogP contribution in [0.1, 0.15) is 0 Å². The minimum Gasteiger partial charge on any atom is -0.456 e. The fourth-order valence-electron chi connectivity index (χ4n) is 6.39. The molecule has 7 aromatic carbocycles. The molecule has 0 saturated heterocycles. The fraction of sp³-hybridized carbons (Fsp3) is 0. The molecule has 0 spiro atoms. The van der Waals surface area contributed by atoms with Crippen molar-refractivity contribution in [2.75, 3.05) is 0 Å². The fourth-order valence-corrected chi connectivity index (χ4v) is 6.39. The van der Waals surface area contributed by atoms with Crippen molar-refractivity contribution in [3.8, 4) is 45.0 Å². The topological polar surface area (TPSA) is 38.9 Å². The lowest BCUT2D eigenvalue weighted by Gasteiger charge is -2.12. The van der Waals surface area contributed by atoms with Crippen LogP contribution in [0.15, 0.2) is 162 Å². The van der Waals surface area contributed by atoms with E-state index in [1.165, 1.54) is 21.5 Å². The molecule has 0 N–H and O–H groups in total. The molecule has 9 aromatic rings. The van der Waals surface area contributed by atoms with Crippen molar-refractivity contribution in [3.63, 3.8) is 0 Å². The zero-order valence-electron chi connectivity index (χ0n) is 24.3. The molecule has 0 atom stereocenters. The van der Waals surface area contributed by atoms with Crippen molar-refractivity contribution < 1.29 is 4.42 Å². The van der Waals surface area contributed by atoms with Gasteiger partial charge in [0.05, 0.1) is 11.4 Å². The summed E-state index contributed by atoms with van der Waals surface area (Å²) >= 11 is 0. The Hall–Kier alpha value is -6.06. The predicted octanol–water partition coefficient (Wildman–Crippen LogP) is 11.4. The van der Waals surface area contributed by atoms with Gasteiger partial charge in [-0.2, -0.15) is 0 Å². The lowest BCUT2D eigenvalue weighted by atomic mass is 9.97. The minimum atomic E-state index is 0.665. The Morgan fingerprint density at radius 3 is 1.62 bits per heavy atom. The van der Waals surface area contributed by atoms with Crippen molar-refractivity contribution in [2.24, 2.45) is 0 Å². The molecular formula is C42H26N2O. The van der Waals surface area contributed by atoms with E-state index < -0.39 is 0 Å². The Bertz CT molecular complexity index is 2450. The molecule has 0 bridgehead atoms. The molecule has 0 saturated carbocycles. The van der Waals surface area contributed by atoms with Gasteiger partial charge in [-0.15, -0.1) is 0 Å². The first kappa shape index (κ1) is 25.4. The average Bonchev–Trinajstić information content (AvgIpc) is 3.49. The predicted molar refractivity (Wildman–Crippen MR) is 186 cm³/mol.